The summed E-state index contributed by atoms with van der Waals surface area (Å²) in [4.78, 5) is 24.1. The fraction of sp³-hybridized carbons (Fsp3) is 0.515. The van der Waals surface area contributed by atoms with E-state index in [4.69, 9.17) is 9.47 Å². The van der Waals surface area contributed by atoms with Gasteiger partial charge in [-0.2, -0.15) is 0 Å². The fourth-order valence-corrected chi connectivity index (χ4v) is 6.03. The van der Waals surface area contributed by atoms with Crippen LogP contribution in [0.2, 0.25) is 0 Å². The summed E-state index contributed by atoms with van der Waals surface area (Å²) in [6.07, 6.45) is 19.3. The molecule has 0 aromatic heterocycles. The highest BCUT2D eigenvalue weighted by molar-refractivity contribution is 9.10. The molecule has 41 heavy (non-hydrogen) atoms. The van der Waals surface area contributed by atoms with Gasteiger partial charge < -0.3 is 19.7 Å². The number of methoxy groups -OCH3 is 2. The third-order valence-corrected chi connectivity index (χ3v) is 8.13. The molecule has 0 heterocycles. The van der Waals surface area contributed by atoms with Gasteiger partial charge in [0.1, 0.15) is 22.6 Å². The minimum atomic E-state index is -1.12. The van der Waals surface area contributed by atoms with Crippen LogP contribution in [0.25, 0.3) is 5.57 Å². The smallest absolute Gasteiger partial charge is 0.339 e. The van der Waals surface area contributed by atoms with E-state index in [0.29, 0.717) is 25.6 Å². The van der Waals surface area contributed by atoms with Gasteiger partial charge in [-0.25, -0.2) is 9.59 Å². The van der Waals surface area contributed by atoms with Gasteiger partial charge in [-0.1, -0.05) is 122 Å². The first-order valence-electron chi connectivity index (χ1n) is 14.7. The molecular formula is C33H44Br2O6. The van der Waals surface area contributed by atoms with Gasteiger partial charge in [0.05, 0.1) is 14.2 Å². The van der Waals surface area contributed by atoms with Crippen LogP contribution in [0.4, 0.5) is 0 Å². The van der Waals surface area contributed by atoms with Crippen LogP contribution in [0.15, 0.2) is 39.3 Å². The lowest BCUT2D eigenvalue weighted by atomic mass is 9.91. The molecule has 0 radical (unpaired) electrons. The largest absolute Gasteiger partial charge is 0.495 e. The highest BCUT2D eigenvalue weighted by atomic mass is 79.9. The standard InChI is InChI=1S/C33H44Br2O6/c1-4-5-6-7-8-9-10-11-12-13-14-15-16-17-18-25(26-19-23(34)21-28(32(36)37)30(26)40-2)27-20-24(35)22-29(33(38)39)31(27)41-3/h18-22H,4-17H2,1-3H3,(H,36,37)(H,38,39). The van der Waals surface area contributed by atoms with Crippen LogP contribution in [0, 0.1) is 0 Å². The normalized spacial score (nSPS) is 10.9. The van der Waals surface area contributed by atoms with Gasteiger partial charge in [0.15, 0.2) is 0 Å². The Kier molecular flexibility index (Phi) is 16.1. The maximum atomic E-state index is 12.0. The van der Waals surface area contributed by atoms with Crippen molar-refractivity contribution in [2.45, 2.75) is 96.8 Å². The van der Waals surface area contributed by atoms with Gasteiger partial charge >= 0.3 is 11.9 Å². The Balaban J connectivity index is 2.19. The van der Waals surface area contributed by atoms with E-state index >= 15 is 0 Å². The Morgan fingerprint density at radius 1 is 0.634 bits per heavy atom. The highest BCUT2D eigenvalue weighted by Crippen LogP contribution is 2.42. The van der Waals surface area contributed by atoms with Crippen molar-refractivity contribution in [2.24, 2.45) is 0 Å². The number of benzene rings is 2. The van der Waals surface area contributed by atoms with E-state index in [0.717, 1.165) is 19.3 Å². The lowest BCUT2D eigenvalue weighted by molar-refractivity contribution is 0.0682. The molecule has 0 saturated carbocycles. The first-order chi connectivity index (χ1) is 19.7. The van der Waals surface area contributed by atoms with Crippen molar-refractivity contribution in [3.63, 3.8) is 0 Å². The Labute approximate surface area is 261 Å². The molecule has 0 bridgehead atoms. The predicted octanol–water partition coefficient (Wildman–Crippen LogP) is 10.5. The average molecular weight is 697 g/mol. The van der Waals surface area contributed by atoms with Gasteiger partial charge in [-0.3, -0.25) is 0 Å². The zero-order chi connectivity index (χ0) is 30.2. The second-order valence-electron chi connectivity index (χ2n) is 10.3. The summed E-state index contributed by atoms with van der Waals surface area (Å²) in [7, 11) is 2.87. The number of allylic oxidation sites excluding steroid dienone is 1. The predicted molar refractivity (Wildman–Crippen MR) is 173 cm³/mol. The minimum Gasteiger partial charge on any atom is -0.495 e. The van der Waals surface area contributed by atoms with Crippen LogP contribution < -0.4 is 9.47 Å². The Hall–Kier alpha value is -2.32. The van der Waals surface area contributed by atoms with E-state index < -0.39 is 11.9 Å². The molecule has 8 heteroatoms. The van der Waals surface area contributed by atoms with Crippen molar-refractivity contribution in [2.75, 3.05) is 14.2 Å². The number of carbonyl (C=O) groups is 2. The van der Waals surface area contributed by atoms with E-state index in [1.807, 2.05) is 6.08 Å². The monoisotopic (exact) mass is 694 g/mol. The molecule has 0 aliphatic heterocycles. The quantitative estimate of drug-likeness (QED) is 0.134. The summed E-state index contributed by atoms with van der Waals surface area (Å²) in [5.74, 6) is -1.83. The van der Waals surface area contributed by atoms with Crippen LogP contribution in [0.1, 0.15) is 129 Å². The van der Waals surface area contributed by atoms with Crippen LogP contribution >= 0.6 is 31.9 Å². The fourth-order valence-electron chi connectivity index (χ4n) is 5.12. The Morgan fingerprint density at radius 3 is 1.32 bits per heavy atom. The summed E-state index contributed by atoms with van der Waals surface area (Å²) in [6.45, 7) is 2.25. The van der Waals surface area contributed by atoms with Gasteiger partial charge in [0, 0.05) is 20.1 Å². The zero-order valence-electron chi connectivity index (χ0n) is 24.6. The topological polar surface area (TPSA) is 93.1 Å². The van der Waals surface area contributed by atoms with Crippen molar-refractivity contribution >= 4 is 49.4 Å². The molecule has 6 nitrogen and oxygen atoms in total. The molecule has 0 aliphatic rings. The number of aromatic carboxylic acids is 2. The second kappa shape index (κ2) is 19.0. The van der Waals surface area contributed by atoms with Crippen LogP contribution in [0.3, 0.4) is 0 Å². The molecular weight excluding hydrogens is 652 g/mol. The molecule has 0 atom stereocenters. The third kappa shape index (κ3) is 11.1. The van der Waals surface area contributed by atoms with E-state index in [1.165, 1.54) is 97.0 Å². The average Bonchev–Trinajstić information content (AvgIpc) is 2.94. The first-order valence-corrected chi connectivity index (χ1v) is 16.3. The van der Waals surface area contributed by atoms with Crippen LogP contribution in [-0.4, -0.2) is 36.4 Å². The summed E-state index contributed by atoms with van der Waals surface area (Å²) in [5.41, 5.74) is 1.76. The molecule has 2 aromatic carbocycles. The summed E-state index contributed by atoms with van der Waals surface area (Å²) in [6, 6.07) is 6.58. The first kappa shape index (κ1) is 34.9. The number of carboxylic acid groups (broad SMARTS) is 2. The summed E-state index contributed by atoms with van der Waals surface area (Å²) >= 11 is 6.88. The maximum Gasteiger partial charge on any atom is 0.339 e. The van der Waals surface area contributed by atoms with Crippen molar-refractivity contribution in [1.29, 1.82) is 0 Å². The van der Waals surface area contributed by atoms with E-state index in [2.05, 4.69) is 38.8 Å². The van der Waals surface area contributed by atoms with Crippen molar-refractivity contribution in [3.05, 3.63) is 61.5 Å². The number of carboxylic acids is 2. The number of rotatable bonds is 20. The molecule has 0 unspecified atom stereocenters. The van der Waals surface area contributed by atoms with Gasteiger partial charge in [0.2, 0.25) is 0 Å². The third-order valence-electron chi connectivity index (χ3n) is 7.21. The van der Waals surface area contributed by atoms with Gasteiger partial charge in [0.25, 0.3) is 0 Å². The number of hydrogen-bond donors (Lipinski definition) is 2. The highest BCUT2D eigenvalue weighted by Gasteiger charge is 2.24. The minimum absolute atomic E-state index is 0.0103. The van der Waals surface area contributed by atoms with E-state index in [9.17, 15) is 19.8 Å². The molecule has 0 saturated heterocycles. The van der Waals surface area contributed by atoms with E-state index in [1.54, 1.807) is 12.1 Å². The molecule has 2 aromatic rings. The number of halogens is 2. The lowest BCUT2D eigenvalue weighted by Gasteiger charge is -2.19. The molecule has 0 aliphatic carbocycles. The molecule has 0 fully saturated rings. The lowest BCUT2D eigenvalue weighted by Crippen LogP contribution is -2.07. The summed E-state index contributed by atoms with van der Waals surface area (Å²) < 4.78 is 12.3. The van der Waals surface area contributed by atoms with Crippen molar-refractivity contribution in [1.82, 2.24) is 0 Å². The van der Waals surface area contributed by atoms with Crippen LogP contribution in [0.5, 0.6) is 11.5 Å². The molecule has 2 N–H and O–H groups in total. The molecule has 0 amide bonds. The molecule has 2 rings (SSSR count). The molecule has 226 valence electrons. The number of ether oxygens (including phenoxy) is 2. The SMILES string of the molecule is CCCCCCCCCCCCCCCC=C(c1cc(Br)cc(C(=O)O)c1OC)c1cc(Br)cc(C(=O)O)c1OC. The number of unbranched alkanes of at least 4 members (excludes halogenated alkanes) is 13. The maximum absolute atomic E-state index is 12.0. The molecule has 0 spiro atoms. The second-order valence-corrected chi connectivity index (χ2v) is 12.2. The number of hydrogen-bond acceptors (Lipinski definition) is 4. The van der Waals surface area contributed by atoms with Crippen LogP contribution in [-0.2, 0) is 0 Å². The summed E-state index contributed by atoms with van der Waals surface area (Å²) in [5, 5.41) is 19.7. The Bertz CT molecular complexity index is 1100. The van der Waals surface area contributed by atoms with Gasteiger partial charge in [-0.15, -0.1) is 0 Å². The zero-order valence-corrected chi connectivity index (χ0v) is 27.7. The van der Waals surface area contributed by atoms with Crippen molar-refractivity contribution < 1.29 is 29.3 Å². The van der Waals surface area contributed by atoms with Crippen molar-refractivity contribution in [3.8, 4) is 11.5 Å². The van der Waals surface area contributed by atoms with Gasteiger partial charge in [-0.05, 0) is 42.7 Å². The Morgan fingerprint density at radius 2 is 0.976 bits per heavy atom. The van der Waals surface area contributed by atoms with E-state index in [-0.39, 0.29) is 22.6 Å².